The standard InChI is InChI=1S/C11H14O2/c1-8-5-3-4-6-10(8)12-7-11-9(2)13-11/h3-6,9,11H,7H2,1-2H3. The monoisotopic (exact) mass is 178 g/mol. The van der Waals surface area contributed by atoms with Crippen molar-refractivity contribution < 1.29 is 9.47 Å². The van der Waals surface area contributed by atoms with Gasteiger partial charge in [-0.05, 0) is 25.5 Å². The van der Waals surface area contributed by atoms with Gasteiger partial charge in [0.15, 0.2) is 0 Å². The van der Waals surface area contributed by atoms with Crippen LogP contribution in [0.4, 0.5) is 0 Å². The Labute approximate surface area is 78.5 Å². The Bertz CT molecular complexity index is 296. The average Bonchev–Trinajstić information content (AvgIpc) is 2.81. The maximum Gasteiger partial charge on any atom is 0.122 e. The molecule has 2 atom stereocenters. The van der Waals surface area contributed by atoms with Gasteiger partial charge in [-0.15, -0.1) is 0 Å². The van der Waals surface area contributed by atoms with Gasteiger partial charge in [0, 0.05) is 0 Å². The molecule has 1 aromatic rings. The van der Waals surface area contributed by atoms with Gasteiger partial charge in [-0.3, -0.25) is 0 Å². The largest absolute Gasteiger partial charge is 0.491 e. The maximum atomic E-state index is 5.61. The zero-order valence-electron chi connectivity index (χ0n) is 7.99. The van der Waals surface area contributed by atoms with E-state index in [2.05, 4.69) is 6.92 Å². The highest BCUT2D eigenvalue weighted by molar-refractivity contribution is 5.31. The van der Waals surface area contributed by atoms with E-state index in [9.17, 15) is 0 Å². The molecule has 0 saturated carbocycles. The van der Waals surface area contributed by atoms with Crippen LogP contribution < -0.4 is 4.74 Å². The average molecular weight is 178 g/mol. The second kappa shape index (κ2) is 3.38. The lowest BCUT2D eigenvalue weighted by Gasteiger charge is -2.06. The molecule has 2 unspecified atom stereocenters. The molecule has 1 fully saturated rings. The van der Waals surface area contributed by atoms with Gasteiger partial charge in [0.25, 0.3) is 0 Å². The summed E-state index contributed by atoms with van der Waals surface area (Å²) >= 11 is 0. The Kier molecular flexibility index (Phi) is 2.23. The summed E-state index contributed by atoms with van der Waals surface area (Å²) in [6, 6.07) is 8.03. The number of epoxide rings is 1. The molecule has 2 nitrogen and oxygen atoms in total. The van der Waals surface area contributed by atoms with Crippen molar-refractivity contribution in [3.63, 3.8) is 0 Å². The van der Waals surface area contributed by atoms with E-state index in [0.717, 1.165) is 5.75 Å². The first-order valence-electron chi connectivity index (χ1n) is 4.61. The SMILES string of the molecule is Cc1ccccc1OCC1OC1C. The molecule has 1 heterocycles. The van der Waals surface area contributed by atoms with E-state index >= 15 is 0 Å². The van der Waals surface area contributed by atoms with Gasteiger partial charge in [-0.1, -0.05) is 18.2 Å². The lowest BCUT2D eigenvalue weighted by molar-refractivity contribution is 0.259. The van der Waals surface area contributed by atoms with Crippen molar-refractivity contribution >= 4 is 0 Å². The van der Waals surface area contributed by atoms with Gasteiger partial charge in [0.1, 0.15) is 18.5 Å². The highest BCUT2D eigenvalue weighted by atomic mass is 16.6. The molecule has 2 heteroatoms. The zero-order valence-corrected chi connectivity index (χ0v) is 7.99. The zero-order chi connectivity index (χ0) is 9.26. The van der Waals surface area contributed by atoms with Gasteiger partial charge in [-0.25, -0.2) is 0 Å². The van der Waals surface area contributed by atoms with Crippen LogP contribution in [0.1, 0.15) is 12.5 Å². The van der Waals surface area contributed by atoms with Crippen LogP contribution in [0.25, 0.3) is 0 Å². The van der Waals surface area contributed by atoms with Gasteiger partial charge < -0.3 is 9.47 Å². The summed E-state index contributed by atoms with van der Waals surface area (Å²) in [5, 5.41) is 0. The lowest BCUT2D eigenvalue weighted by Crippen LogP contribution is -2.06. The summed E-state index contributed by atoms with van der Waals surface area (Å²) in [7, 11) is 0. The van der Waals surface area contributed by atoms with Crippen LogP contribution in [0, 0.1) is 6.92 Å². The molecule has 0 bridgehead atoms. The number of ether oxygens (including phenoxy) is 2. The number of rotatable bonds is 3. The molecule has 13 heavy (non-hydrogen) atoms. The summed E-state index contributed by atoms with van der Waals surface area (Å²) in [6.07, 6.45) is 0.684. The summed E-state index contributed by atoms with van der Waals surface area (Å²) in [6.45, 7) is 4.78. The molecule has 0 spiro atoms. The third-order valence-electron chi connectivity index (χ3n) is 2.33. The number of hydrogen-bond donors (Lipinski definition) is 0. The molecular formula is C11H14O2. The Balaban J connectivity index is 1.90. The summed E-state index contributed by atoms with van der Waals surface area (Å²) in [4.78, 5) is 0. The minimum absolute atomic E-state index is 0.305. The predicted octanol–water partition coefficient (Wildman–Crippen LogP) is 2.16. The lowest BCUT2D eigenvalue weighted by atomic mass is 10.2. The number of benzene rings is 1. The molecule has 2 rings (SSSR count). The van der Waals surface area contributed by atoms with Gasteiger partial charge in [0.05, 0.1) is 6.10 Å². The van der Waals surface area contributed by atoms with E-state index in [1.807, 2.05) is 31.2 Å². The molecule has 0 aliphatic carbocycles. The highest BCUT2D eigenvalue weighted by Gasteiger charge is 2.34. The van der Waals surface area contributed by atoms with E-state index in [-0.39, 0.29) is 0 Å². The molecule has 1 saturated heterocycles. The first-order valence-corrected chi connectivity index (χ1v) is 4.61. The summed E-state index contributed by atoms with van der Waals surface area (Å²) < 4.78 is 10.9. The van der Waals surface area contributed by atoms with Crippen molar-refractivity contribution in [3.05, 3.63) is 29.8 Å². The van der Waals surface area contributed by atoms with Crippen LogP contribution in [0.5, 0.6) is 5.75 Å². The van der Waals surface area contributed by atoms with Crippen LogP contribution in [0.3, 0.4) is 0 Å². The van der Waals surface area contributed by atoms with Crippen LogP contribution >= 0.6 is 0 Å². The third kappa shape index (κ3) is 2.01. The molecular weight excluding hydrogens is 164 g/mol. The molecule has 70 valence electrons. The number of hydrogen-bond acceptors (Lipinski definition) is 2. The van der Waals surface area contributed by atoms with Crippen molar-refractivity contribution in [2.75, 3.05) is 6.61 Å². The molecule has 0 amide bonds. The van der Waals surface area contributed by atoms with Crippen LogP contribution in [-0.4, -0.2) is 18.8 Å². The van der Waals surface area contributed by atoms with Gasteiger partial charge >= 0.3 is 0 Å². The molecule has 1 aliphatic heterocycles. The molecule has 1 aliphatic rings. The first kappa shape index (κ1) is 8.57. The minimum Gasteiger partial charge on any atom is -0.491 e. The highest BCUT2D eigenvalue weighted by Crippen LogP contribution is 2.23. The second-order valence-corrected chi connectivity index (χ2v) is 3.46. The Morgan fingerprint density at radius 3 is 2.69 bits per heavy atom. The van der Waals surface area contributed by atoms with Crippen molar-refractivity contribution in [2.45, 2.75) is 26.1 Å². The van der Waals surface area contributed by atoms with Crippen molar-refractivity contribution in [3.8, 4) is 5.75 Å². The smallest absolute Gasteiger partial charge is 0.122 e. The normalized spacial score (nSPS) is 25.7. The molecule has 0 aromatic heterocycles. The minimum atomic E-state index is 0.305. The fourth-order valence-electron chi connectivity index (χ4n) is 1.30. The van der Waals surface area contributed by atoms with Gasteiger partial charge in [-0.2, -0.15) is 0 Å². The van der Waals surface area contributed by atoms with Crippen LogP contribution in [-0.2, 0) is 4.74 Å². The fraction of sp³-hybridized carbons (Fsp3) is 0.455. The second-order valence-electron chi connectivity index (χ2n) is 3.46. The van der Waals surface area contributed by atoms with Crippen molar-refractivity contribution in [1.82, 2.24) is 0 Å². The van der Waals surface area contributed by atoms with E-state index in [4.69, 9.17) is 9.47 Å². The van der Waals surface area contributed by atoms with E-state index in [0.29, 0.717) is 18.8 Å². The third-order valence-corrected chi connectivity index (χ3v) is 2.33. The Morgan fingerprint density at radius 1 is 1.38 bits per heavy atom. The Hall–Kier alpha value is -1.02. The first-order chi connectivity index (χ1) is 6.27. The predicted molar refractivity (Wildman–Crippen MR) is 51.0 cm³/mol. The summed E-state index contributed by atoms with van der Waals surface area (Å²) in [5.41, 5.74) is 1.18. The topological polar surface area (TPSA) is 21.8 Å². The number of para-hydroxylation sites is 1. The van der Waals surface area contributed by atoms with Crippen molar-refractivity contribution in [1.29, 1.82) is 0 Å². The quantitative estimate of drug-likeness (QED) is 0.661. The van der Waals surface area contributed by atoms with Crippen LogP contribution in [0.2, 0.25) is 0 Å². The summed E-state index contributed by atoms with van der Waals surface area (Å²) in [5.74, 6) is 0.963. The van der Waals surface area contributed by atoms with E-state index in [1.165, 1.54) is 5.56 Å². The van der Waals surface area contributed by atoms with E-state index in [1.54, 1.807) is 0 Å². The fourth-order valence-corrected chi connectivity index (χ4v) is 1.30. The molecule has 0 radical (unpaired) electrons. The molecule has 0 N–H and O–H groups in total. The van der Waals surface area contributed by atoms with Crippen LogP contribution in [0.15, 0.2) is 24.3 Å². The number of aryl methyl sites for hydroxylation is 1. The molecule has 1 aromatic carbocycles. The maximum absolute atomic E-state index is 5.61. The van der Waals surface area contributed by atoms with Crippen molar-refractivity contribution in [2.24, 2.45) is 0 Å². The van der Waals surface area contributed by atoms with E-state index < -0.39 is 0 Å². The Morgan fingerprint density at radius 2 is 2.08 bits per heavy atom. The van der Waals surface area contributed by atoms with Gasteiger partial charge in [0.2, 0.25) is 0 Å².